The van der Waals surface area contributed by atoms with E-state index < -0.39 is 40.4 Å². The second-order valence-corrected chi connectivity index (χ2v) is 11.3. The fourth-order valence-electron chi connectivity index (χ4n) is 4.17. The number of carbonyl (C=O) groups is 2. The highest BCUT2D eigenvalue weighted by atomic mass is 32.2. The zero-order valence-electron chi connectivity index (χ0n) is 23.1. The van der Waals surface area contributed by atoms with Gasteiger partial charge in [-0.05, 0) is 42.3 Å². The summed E-state index contributed by atoms with van der Waals surface area (Å²) in [5, 5.41) is 2.79. The summed E-state index contributed by atoms with van der Waals surface area (Å²) in [4.78, 5) is 28.8. The van der Waals surface area contributed by atoms with Crippen LogP contribution in [0, 0.1) is 5.82 Å². The molecule has 0 heterocycles. The lowest BCUT2D eigenvalue weighted by atomic mass is 10.0. The van der Waals surface area contributed by atoms with E-state index in [4.69, 9.17) is 4.74 Å². The number of ether oxygens (including phenoxy) is 1. The van der Waals surface area contributed by atoms with Gasteiger partial charge in [0.05, 0.1) is 12.8 Å². The molecule has 0 fully saturated rings. The summed E-state index contributed by atoms with van der Waals surface area (Å²) in [6.07, 6.45) is 0.183. The van der Waals surface area contributed by atoms with Crippen LogP contribution in [0.25, 0.3) is 0 Å². The molecule has 214 valence electrons. The second kappa shape index (κ2) is 13.9. The Labute approximate surface area is 235 Å². The Kier molecular flexibility index (Phi) is 10.6. The molecule has 0 bridgehead atoms. The summed E-state index contributed by atoms with van der Waals surface area (Å²) in [6, 6.07) is 20.6. The zero-order chi connectivity index (χ0) is 29.3. The molecule has 0 aliphatic heterocycles. The van der Waals surface area contributed by atoms with E-state index in [1.54, 1.807) is 31.2 Å². The van der Waals surface area contributed by atoms with Gasteiger partial charge in [0.15, 0.2) is 0 Å². The Morgan fingerprint density at radius 1 is 0.950 bits per heavy atom. The van der Waals surface area contributed by atoms with Crippen molar-refractivity contribution in [3.8, 4) is 5.75 Å². The van der Waals surface area contributed by atoms with Gasteiger partial charge in [-0.25, -0.2) is 8.70 Å². The molecule has 0 saturated carbocycles. The Bertz CT molecular complexity index is 1400. The van der Waals surface area contributed by atoms with E-state index in [0.29, 0.717) is 17.9 Å². The minimum absolute atomic E-state index is 0.0161. The molecule has 9 nitrogen and oxygen atoms in total. The molecule has 1 atom stereocenters. The predicted molar refractivity (Wildman–Crippen MR) is 153 cm³/mol. The van der Waals surface area contributed by atoms with Crippen molar-refractivity contribution in [2.45, 2.75) is 25.9 Å². The van der Waals surface area contributed by atoms with E-state index in [1.807, 2.05) is 30.3 Å². The number of methoxy groups -OCH3 is 1. The molecule has 0 aliphatic rings. The van der Waals surface area contributed by atoms with Gasteiger partial charge in [-0.1, -0.05) is 54.6 Å². The highest BCUT2D eigenvalue weighted by Gasteiger charge is 2.35. The minimum atomic E-state index is -4.28. The van der Waals surface area contributed by atoms with Crippen molar-refractivity contribution in [1.29, 1.82) is 0 Å². The largest absolute Gasteiger partial charge is 0.497 e. The third-order valence-corrected chi connectivity index (χ3v) is 8.05. The number of anilines is 1. The van der Waals surface area contributed by atoms with Crippen molar-refractivity contribution in [2.75, 3.05) is 38.6 Å². The highest BCUT2D eigenvalue weighted by Crippen LogP contribution is 2.25. The number of amides is 2. The maximum absolute atomic E-state index is 14.9. The number of nitrogens with zero attached hydrogens (tertiary/aromatic N) is 3. The molecule has 1 N–H and O–H groups in total. The van der Waals surface area contributed by atoms with Gasteiger partial charge in [-0.3, -0.25) is 9.59 Å². The molecule has 0 spiro atoms. The van der Waals surface area contributed by atoms with Crippen LogP contribution in [-0.4, -0.2) is 69.8 Å². The van der Waals surface area contributed by atoms with Crippen molar-refractivity contribution >= 4 is 27.7 Å². The molecule has 0 unspecified atom stereocenters. The van der Waals surface area contributed by atoms with E-state index in [0.717, 1.165) is 20.2 Å². The molecule has 0 saturated heterocycles. The molecule has 0 aliphatic carbocycles. The third kappa shape index (κ3) is 7.57. The van der Waals surface area contributed by atoms with Gasteiger partial charge in [0.25, 0.3) is 0 Å². The fraction of sp³-hybridized carbons (Fsp3) is 0.310. The van der Waals surface area contributed by atoms with Crippen LogP contribution in [0.3, 0.4) is 0 Å². The molecule has 3 aromatic carbocycles. The highest BCUT2D eigenvalue weighted by molar-refractivity contribution is 7.90. The molecule has 40 heavy (non-hydrogen) atoms. The van der Waals surface area contributed by atoms with Gasteiger partial charge >= 0.3 is 10.2 Å². The lowest BCUT2D eigenvalue weighted by molar-refractivity contribution is -0.140. The van der Waals surface area contributed by atoms with Gasteiger partial charge in [-0.15, -0.1) is 0 Å². The van der Waals surface area contributed by atoms with Crippen LogP contribution in [0.4, 0.5) is 10.1 Å². The first-order chi connectivity index (χ1) is 19.1. The van der Waals surface area contributed by atoms with Gasteiger partial charge in [-0.2, -0.15) is 12.7 Å². The average molecular weight is 571 g/mol. The van der Waals surface area contributed by atoms with Crippen LogP contribution in [0.2, 0.25) is 0 Å². The van der Waals surface area contributed by atoms with Gasteiger partial charge in [0.2, 0.25) is 11.8 Å². The number of rotatable bonds is 13. The number of carbonyl (C=O) groups excluding carboxylic acids is 2. The van der Waals surface area contributed by atoms with Crippen LogP contribution in [0.15, 0.2) is 78.9 Å². The maximum atomic E-state index is 14.9. The van der Waals surface area contributed by atoms with E-state index in [2.05, 4.69) is 5.32 Å². The molecule has 11 heteroatoms. The number of benzene rings is 3. The number of hydrogen-bond acceptors (Lipinski definition) is 5. The normalized spacial score (nSPS) is 12.1. The standard InChI is InChI=1S/C29H35FN4O5S/c1-5-31-29(36)27(19-22-12-7-6-8-13-22)33(20-23-14-11-15-24(18-23)39-4)28(35)21-34(40(37,38)32(2)3)26-17-10-9-16-25(26)30/h6-18,27H,5,19-21H2,1-4H3,(H,31,36)/t27-/m0/s1. The van der Waals surface area contributed by atoms with Crippen LogP contribution < -0.4 is 14.4 Å². The molecule has 0 aromatic heterocycles. The third-order valence-electron chi connectivity index (χ3n) is 6.25. The van der Waals surface area contributed by atoms with Gasteiger partial charge in [0.1, 0.15) is 24.2 Å². The van der Waals surface area contributed by atoms with E-state index in [9.17, 15) is 22.4 Å². The van der Waals surface area contributed by atoms with E-state index in [-0.39, 0.29) is 18.7 Å². The Morgan fingerprint density at radius 3 is 2.23 bits per heavy atom. The van der Waals surface area contributed by atoms with Crippen molar-refractivity contribution in [3.05, 3.63) is 95.8 Å². The monoisotopic (exact) mass is 570 g/mol. The molecule has 3 aromatic rings. The summed E-state index contributed by atoms with van der Waals surface area (Å²) < 4.78 is 48.4. The Morgan fingerprint density at radius 2 is 1.60 bits per heavy atom. The van der Waals surface area contributed by atoms with Crippen molar-refractivity contribution in [3.63, 3.8) is 0 Å². The second-order valence-electron chi connectivity index (χ2n) is 9.22. The van der Waals surface area contributed by atoms with Gasteiger partial charge < -0.3 is 15.0 Å². The fourth-order valence-corrected chi connectivity index (χ4v) is 5.23. The lowest BCUT2D eigenvalue weighted by Gasteiger charge is -2.34. The maximum Gasteiger partial charge on any atom is 0.304 e. The first kappa shape index (κ1) is 30.6. The number of hydrogen-bond donors (Lipinski definition) is 1. The quantitative estimate of drug-likeness (QED) is 0.340. The van der Waals surface area contributed by atoms with Crippen LogP contribution in [0.1, 0.15) is 18.1 Å². The summed E-state index contributed by atoms with van der Waals surface area (Å²) in [5.41, 5.74) is 1.21. The molecule has 0 radical (unpaired) electrons. The van der Waals surface area contributed by atoms with Crippen LogP contribution in [-0.2, 0) is 32.8 Å². The smallest absolute Gasteiger partial charge is 0.304 e. The molecule has 3 rings (SSSR count). The molecule has 2 amide bonds. The zero-order valence-corrected chi connectivity index (χ0v) is 23.9. The van der Waals surface area contributed by atoms with E-state index in [1.165, 1.54) is 44.3 Å². The SMILES string of the molecule is CCNC(=O)[C@H](Cc1ccccc1)N(Cc1cccc(OC)c1)C(=O)CN(c1ccccc1F)S(=O)(=O)N(C)C. The van der Waals surface area contributed by atoms with Crippen LogP contribution in [0.5, 0.6) is 5.75 Å². The average Bonchev–Trinajstić information content (AvgIpc) is 2.94. The molecular formula is C29H35FN4O5S. The van der Waals surface area contributed by atoms with E-state index >= 15 is 0 Å². The summed E-state index contributed by atoms with van der Waals surface area (Å²) in [6.45, 7) is 1.37. The minimum Gasteiger partial charge on any atom is -0.497 e. The first-order valence-electron chi connectivity index (χ1n) is 12.8. The van der Waals surface area contributed by atoms with Crippen molar-refractivity contribution in [2.24, 2.45) is 0 Å². The number of halogens is 1. The lowest BCUT2D eigenvalue weighted by Crippen LogP contribution is -2.54. The molecular weight excluding hydrogens is 535 g/mol. The van der Waals surface area contributed by atoms with Crippen molar-refractivity contribution in [1.82, 2.24) is 14.5 Å². The number of likely N-dealkylation sites (N-methyl/N-ethyl adjacent to an activating group) is 1. The van der Waals surface area contributed by atoms with Crippen LogP contribution >= 0.6 is 0 Å². The van der Waals surface area contributed by atoms with Crippen molar-refractivity contribution < 1.29 is 27.1 Å². The summed E-state index contributed by atoms with van der Waals surface area (Å²) in [7, 11) is -0.162. The predicted octanol–water partition coefficient (Wildman–Crippen LogP) is 3.22. The summed E-state index contributed by atoms with van der Waals surface area (Å²) >= 11 is 0. The number of nitrogens with one attached hydrogen (secondary N) is 1. The first-order valence-corrected chi connectivity index (χ1v) is 14.2. The summed E-state index contributed by atoms with van der Waals surface area (Å²) in [5.74, 6) is -1.31. The van der Waals surface area contributed by atoms with Gasteiger partial charge in [0, 0.05) is 33.6 Å². The Balaban J connectivity index is 2.10. The Hall–Kier alpha value is -3.96. The number of para-hydroxylation sites is 1. The topological polar surface area (TPSA) is 99.3 Å².